The van der Waals surface area contributed by atoms with Crippen molar-refractivity contribution in [2.45, 2.75) is 26.9 Å². The molecule has 0 atom stereocenters. The summed E-state index contributed by atoms with van der Waals surface area (Å²) in [6, 6.07) is 4.77. The molecule has 0 radical (unpaired) electrons. The summed E-state index contributed by atoms with van der Waals surface area (Å²) >= 11 is 0. The first-order chi connectivity index (χ1) is 8.02. The molecule has 0 fully saturated rings. The van der Waals surface area contributed by atoms with Gasteiger partial charge >= 0.3 is 0 Å². The van der Waals surface area contributed by atoms with Crippen molar-refractivity contribution in [1.29, 1.82) is 0 Å². The summed E-state index contributed by atoms with van der Waals surface area (Å²) in [5.41, 5.74) is 0.547. The lowest BCUT2D eigenvalue weighted by Gasteiger charge is -2.09. The molecule has 0 saturated heterocycles. The maximum Gasteiger partial charge on any atom is 0.254 e. The highest BCUT2D eigenvalue weighted by atomic mass is 19.1. The normalized spacial score (nSPS) is 10.6. The third kappa shape index (κ3) is 4.15. The van der Waals surface area contributed by atoms with E-state index >= 15 is 0 Å². The lowest BCUT2D eigenvalue weighted by Crippen LogP contribution is -2.28. The van der Waals surface area contributed by atoms with Gasteiger partial charge in [-0.3, -0.25) is 4.79 Å². The fourth-order valence-corrected chi connectivity index (χ4v) is 1.38. The Morgan fingerprint density at radius 1 is 1.47 bits per heavy atom. The first kappa shape index (κ1) is 13.6. The molecule has 0 heterocycles. The topological polar surface area (TPSA) is 38.3 Å². The number of amides is 1. The molecule has 0 aromatic heterocycles. The predicted octanol–water partition coefficient (Wildman–Crippen LogP) is 2.29. The maximum absolute atomic E-state index is 13.6. The number of hydrogen-bond donors (Lipinski definition) is 1. The second-order valence-corrected chi connectivity index (χ2v) is 4.11. The Hall–Kier alpha value is -1.42. The summed E-state index contributed by atoms with van der Waals surface area (Å²) in [4.78, 5) is 11.7. The predicted molar refractivity (Wildman–Crippen MR) is 64.6 cm³/mol. The van der Waals surface area contributed by atoms with Crippen molar-refractivity contribution in [3.8, 4) is 0 Å². The number of carbonyl (C=O) groups is 1. The molecule has 0 spiro atoms. The monoisotopic (exact) mass is 239 g/mol. The number of carbonyl (C=O) groups excluding carboxylic acids is 1. The van der Waals surface area contributed by atoms with E-state index in [1.165, 1.54) is 6.07 Å². The quantitative estimate of drug-likeness (QED) is 0.801. The summed E-state index contributed by atoms with van der Waals surface area (Å²) in [5, 5.41) is 2.62. The fraction of sp³-hybridized carbons (Fsp3) is 0.462. The summed E-state index contributed by atoms with van der Waals surface area (Å²) in [5.74, 6) is -0.867. The summed E-state index contributed by atoms with van der Waals surface area (Å²) in [6.07, 6.45) is 0.127. The molecule has 0 aliphatic heterocycles. The molecule has 1 aromatic rings. The standard InChI is InChI=1S/C13H18FNO2/c1-9(2)17-8-7-15-13(16)11-6-4-5-10(3)12(11)14/h4-6,9H,7-8H2,1-3H3,(H,15,16). The first-order valence-electron chi connectivity index (χ1n) is 5.67. The molecular formula is C13H18FNO2. The first-order valence-corrected chi connectivity index (χ1v) is 5.67. The highest BCUT2D eigenvalue weighted by Crippen LogP contribution is 2.11. The van der Waals surface area contributed by atoms with E-state index in [4.69, 9.17) is 4.74 Å². The van der Waals surface area contributed by atoms with Crippen molar-refractivity contribution in [2.75, 3.05) is 13.2 Å². The third-order valence-corrected chi connectivity index (χ3v) is 2.28. The third-order valence-electron chi connectivity index (χ3n) is 2.28. The van der Waals surface area contributed by atoms with E-state index in [9.17, 15) is 9.18 Å². The number of benzene rings is 1. The van der Waals surface area contributed by atoms with Crippen LogP contribution in [-0.2, 0) is 4.74 Å². The van der Waals surface area contributed by atoms with Crippen LogP contribution in [0.1, 0.15) is 29.8 Å². The van der Waals surface area contributed by atoms with E-state index in [1.54, 1.807) is 19.1 Å². The van der Waals surface area contributed by atoms with Crippen molar-refractivity contribution < 1.29 is 13.9 Å². The molecule has 1 rings (SSSR count). The van der Waals surface area contributed by atoms with Crippen LogP contribution in [0.25, 0.3) is 0 Å². The number of rotatable bonds is 5. The fourth-order valence-electron chi connectivity index (χ4n) is 1.38. The lowest BCUT2D eigenvalue weighted by molar-refractivity contribution is 0.0745. The molecule has 0 aliphatic rings. The molecule has 0 unspecified atom stereocenters. The van der Waals surface area contributed by atoms with Crippen molar-refractivity contribution in [1.82, 2.24) is 5.32 Å². The van der Waals surface area contributed by atoms with Gasteiger partial charge in [-0.25, -0.2) is 4.39 Å². The zero-order valence-electron chi connectivity index (χ0n) is 10.4. The van der Waals surface area contributed by atoms with Crippen LogP contribution in [0.5, 0.6) is 0 Å². The highest BCUT2D eigenvalue weighted by molar-refractivity contribution is 5.94. The van der Waals surface area contributed by atoms with Crippen LogP contribution in [0.15, 0.2) is 18.2 Å². The summed E-state index contributed by atoms with van der Waals surface area (Å²) in [6.45, 7) is 6.28. The Kier molecular flexibility index (Phi) is 5.10. The van der Waals surface area contributed by atoms with Gasteiger partial charge in [-0.2, -0.15) is 0 Å². The van der Waals surface area contributed by atoms with Gasteiger partial charge in [0.2, 0.25) is 0 Å². The molecule has 17 heavy (non-hydrogen) atoms. The molecule has 1 amide bonds. The molecule has 1 aromatic carbocycles. The average Bonchev–Trinajstić information content (AvgIpc) is 2.27. The molecular weight excluding hydrogens is 221 g/mol. The number of nitrogens with one attached hydrogen (secondary N) is 1. The molecule has 0 aliphatic carbocycles. The zero-order valence-corrected chi connectivity index (χ0v) is 10.4. The molecule has 0 saturated carbocycles. The van der Waals surface area contributed by atoms with E-state index in [2.05, 4.69) is 5.32 Å². The van der Waals surface area contributed by atoms with E-state index in [-0.39, 0.29) is 11.7 Å². The Morgan fingerprint density at radius 2 is 2.18 bits per heavy atom. The smallest absolute Gasteiger partial charge is 0.254 e. The van der Waals surface area contributed by atoms with Crippen LogP contribution in [0.2, 0.25) is 0 Å². The Morgan fingerprint density at radius 3 is 2.82 bits per heavy atom. The summed E-state index contributed by atoms with van der Waals surface area (Å²) < 4.78 is 18.9. The molecule has 1 N–H and O–H groups in total. The second-order valence-electron chi connectivity index (χ2n) is 4.11. The van der Waals surface area contributed by atoms with Crippen molar-refractivity contribution in [2.24, 2.45) is 0 Å². The average molecular weight is 239 g/mol. The Bertz CT molecular complexity index is 391. The van der Waals surface area contributed by atoms with E-state index in [0.29, 0.717) is 18.7 Å². The molecule has 94 valence electrons. The minimum Gasteiger partial charge on any atom is -0.377 e. The minimum absolute atomic E-state index is 0.0783. The summed E-state index contributed by atoms with van der Waals surface area (Å²) in [7, 11) is 0. The SMILES string of the molecule is Cc1cccc(C(=O)NCCOC(C)C)c1F. The number of aryl methyl sites for hydroxylation is 1. The van der Waals surface area contributed by atoms with Gasteiger partial charge in [-0.15, -0.1) is 0 Å². The maximum atomic E-state index is 13.6. The van der Waals surface area contributed by atoms with Crippen LogP contribution in [0.3, 0.4) is 0 Å². The van der Waals surface area contributed by atoms with Crippen LogP contribution in [0, 0.1) is 12.7 Å². The zero-order chi connectivity index (χ0) is 12.8. The van der Waals surface area contributed by atoms with Gasteiger partial charge in [-0.1, -0.05) is 12.1 Å². The molecule has 3 nitrogen and oxygen atoms in total. The van der Waals surface area contributed by atoms with Gasteiger partial charge in [0, 0.05) is 6.54 Å². The Balaban J connectivity index is 2.50. The van der Waals surface area contributed by atoms with Crippen LogP contribution in [-0.4, -0.2) is 25.2 Å². The second kappa shape index (κ2) is 6.35. The van der Waals surface area contributed by atoms with Gasteiger partial charge in [0.1, 0.15) is 5.82 Å². The largest absolute Gasteiger partial charge is 0.377 e. The van der Waals surface area contributed by atoms with Crippen LogP contribution < -0.4 is 5.32 Å². The lowest BCUT2D eigenvalue weighted by atomic mass is 10.1. The van der Waals surface area contributed by atoms with Gasteiger partial charge in [-0.05, 0) is 32.4 Å². The minimum atomic E-state index is -0.463. The number of halogens is 1. The van der Waals surface area contributed by atoms with Gasteiger partial charge in [0.15, 0.2) is 0 Å². The van der Waals surface area contributed by atoms with Crippen molar-refractivity contribution >= 4 is 5.91 Å². The van der Waals surface area contributed by atoms with E-state index in [1.807, 2.05) is 13.8 Å². The van der Waals surface area contributed by atoms with Gasteiger partial charge < -0.3 is 10.1 Å². The van der Waals surface area contributed by atoms with E-state index < -0.39 is 11.7 Å². The number of ether oxygens (including phenoxy) is 1. The van der Waals surface area contributed by atoms with E-state index in [0.717, 1.165) is 0 Å². The van der Waals surface area contributed by atoms with Gasteiger partial charge in [0.25, 0.3) is 5.91 Å². The molecule has 0 bridgehead atoms. The van der Waals surface area contributed by atoms with Crippen LogP contribution in [0.4, 0.5) is 4.39 Å². The highest BCUT2D eigenvalue weighted by Gasteiger charge is 2.12. The van der Waals surface area contributed by atoms with Crippen LogP contribution >= 0.6 is 0 Å². The van der Waals surface area contributed by atoms with Crippen molar-refractivity contribution in [3.05, 3.63) is 35.1 Å². The molecule has 4 heteroatoms. The van der Waals surface area contributed by atoms with Gasteiger partial charge in [0.05, 0.1) is 18.3 Å². The van der Waals surface area contributed by atoms with Crippen molar-refractivity contribution in [3.63, 3.8) is 0 Å². The number of hydrogen-bond acceptors (Lipinski definition) is 2. The Labute approximate surface area is 101 Å².